The van der Waals surface area contributed by atoms with Gasteiger partial charge in [0.15, 0.2) is 9.84 Å². The van der Waals surface area contributed by atoms with Crippen molar-refractivity contribution >= 4 is 32.0 Å². The van der Waals surface area contributed by atoms with Gasteiger partial charge in [0.05, 0.1) is 11.4 Å². The van der Waals surface area contributed by atoms with Gasteiger partial charge in [0.25, 0.3) is 0 Å². The molecule has 2 rings (SSSR count). The Bertz CT molecular complexity index is 1100. The summed E-state index contributed by atoms with van der Waals surface area (Å²) in [6.45, 7) is 1.22. The van der Waals surface area contributed by atoms with Gasteiger partial charge in [-0.05, 0) is 17.7 Å². The maximum absolute atomic E-state index is 12.5. The summed E-state index contributed by atoms with van der Waals surface area (Å²) in [5.41, 5.74) is 0.544. The molecular formula is C18H19NO8S2. The molecule has 0 N–H and O–H groups in total. The lowest BCUT2D eigenvalue weighted by Gasteiger charge is -2.20. The van der Waals surface area contributed by atoms with E-state index in [-0.39, 0.29) is 13.0 Å². The third kappa shape index (κ3) is 6.03. The van der Waals surface area contributed by atoms with Crippen molar-refractivity contribution in [3.8, 4) is 0 Å². The van der Waals surface area contributed by atoms with Gasteiger partial charge in [-0.1, -0.05) is 49.4 Å². The maximum atomic E-state index is 12.5. The highest BCUT2D eigenvalue weighted by Gasteiger charge is 2.31. The van der Waals surface area contributed by atoms with E-state index >= 15 is 0 Å². The highest BCUT2D eigenvalue weighted by molar-refractivity contribution is 7.92. The zero-order valence-electron chi connectivity index (χ0n) is 15.6. The zero-order valence-corrected chi connectivity index (χ0v) is 17.3. The SMILES string of the molecule is CCC(=O)ON(Cc1ccccc1)C(=O)OS(=O)(=O)c1ccccc1S(C)(=O)=O. The number of carbonyl (C=O) groups is 2. The molecule has 0 aliphatic carbocycles. The van der Waals surface area contributed by atoms with E-state index in [1.54, 1.807) is 30.3 Å². The van der Waals surface area contributed by atoms with Crippen molar-refractivity contribution in [1.82, 2.24) is 5.06 Å². The van der Waals surface area contributed by atoms with Crippen LogP contribution in [0.15, 0.2) is 64.4 Å². The Morgan fingerprint density at radius 3 is 2.00 bits per heavy atom. The topological polar surface area (TPSA) is 124 Å². The highest BCUT2D eigenvalue weighted by atomic mass is 32.2. The molecule has 0 saturated carbocycles. The van der Waals surface area contributed by atoms with Crippen molar-refractivity contribution in [2.75, 3.05) is 6.26 Å². The number of benzene rings is 2. The molecule has 156 valence electrons. The van der Waals surface area contributed by atoms with E-state index in [4.69, 9.17) is 4.84 Å². The molecule has 1 amide bonds. The predicted molar refractivity (Wildman–Crippen MR) is 102 cm³/mol. The molecule has 0 unspecified atom stereocenters. The van der Waals surface area contributed by atoms with Crippen molar-refractivity contribution in [3.63, 3.8) is 0 Å². The fourth-order valence-electron chi connectivity index (χ4n) is 2.21. The van der Waals surface area contributed by atoms with E-state index in [9.17, 15) is 26.4 Å². The Hall–Kier alpha value is -2.92. The van der Waals surface area contributed by atoms with Crippen molar-refractivity contribution < 1.29 is 35.4 Å². The van der Waals surface area contributed by atoms with Crippen LogP contribution in [0.3, 0.4) is 0 Å². The second-order valence-electron chi connectivity index (χ2n) is 5.86. The zero-order chi connectivity index (χ0) is 21.7. The summed E-state index contributed by atoms with van der Waals surface area (Å²) in [7, 11) is -8.73. The van der Waals surface area contributed by atoms with E-state index in [0.29, 0.717) is 10.6 Å². The largest absolute Gasteiger partial charge is 0.459 e. The Labute approximate surface area is 168 Å². The normalized spacial score (nSPS) is 11.5. The van der Waals surface area contributed by atoms with Crippen LogP contribution in [0, 0.1) is 0 Å². The van der Waals surface area contributed by atoms with Gasteiger partial charge in [-0.3, -0.25) is 0 Å². The molecule has 0 radical (unpaired) electrons. The van der Waals surface area contributed by atoms with Crippen LogP contribution in [0.25, 0.3) is 0 Å². The fourth-order valence-corrected chi connectivity index (χ4v) is 4.65. The maximum Gasteiger partial charge on any atom is 0.459 e. The molecule has 0 atom stereocenters. The monoisotopic (exact) mass is 441 g/mol. The molecule has 0 saturated heterocycles. The number of hydrogen-bond acceptors (Lipinski definition) is 8. The highest BCUT2D eigenvalue weighted by Crippen LogP contribution is 2.23. The van der Waals surface area contributed by atoms with E-state index in [1.165, 1.54) is 19.1 Å². The van der Waals surface area contributed by atoms with Gasteiger partial charge in [0.2, 0.25) is 0 Å². The Balaban J connectivity index is 2.34. The van der Waals surface area contributed by atoms with Gasteiger partial charge in [0.1, 0.15) is 4.90 Å². The van der Waals surface area contributed by atoms with Crippen LogP contribution in [-0.2, 0) is 40.3 Å². The Morgan fingerprint density at radius 2 is 1.45 bits per heavy atom. The summed E-state index contributed by atoms with van der Waals surface area (Å²) in [6.07, 6.45) is -0.727. The van der Waals surface area contributed by atoms with Gasteiger partial charge in [-0.15, -0.1) is 5.06 Å². The van der Waals surface area contributed by atoms with Gasteiger partial charge >= 0.3 is 22.2 Å². The third-order valence-corrected chi connectivity index (χ3v) is 6.11. The van der Waals surface area contributed by atoms with Crippen LogP contribution >= 0.6 is 0 Å². The molecule has 0 aliphatic heterocycles. The van der Waals surface area contributed by atoms with Gasteiger partial charge in [-0.2, -0.15) is 8.42 Å². The van der Waals surface area contributed by atoms with Crippen LogP contribution < -0.4 is 0 Å². The number of sulfone groups is 1. The van der Waals surface area contributed by atoms with E-state index < -0.39 is 41.8 Å². The smallest absolute Gasteiger partial charge is 0.335 e. The summed E-state index contributed by atoms with van der Waals surface area (Å²) in [5, 5.41) is 0.460. The van der Waals surface area contributed by atoms with Gasteiger partial charge in [0, 0.05) is 12.7 Å². The van der Waals surface area contributed by atoms with Crippen LogP contribution in [0.4, 0.5) is 4.79 Å². The lowest BCUT2D eigenvalue weighted by Crippen LogP contribution is -2.35. The van der Waals surface area contributed by atoms with Gasteiger partial charge < -0.3 is 9.02 Å². The standard InChI is InChI=1S/C18H19NO8S2/c1-3-17(20)26-19(13-14-9-5-4-6-10-14)18(21)27-29(24,25)16-12-8-7-11-15(16)28(2,22)23/h4-12H,3,13H2,1-2H3. The predicted octanol–water partition coefficient (Wildman–Crippen LogP) is 2.29. The molecule has 29 heavy (non-hydrogen) atoms. The number of carbonyl (C=O) groups excluding carboxylic acids is 2. The van der Waals surface area contributed by atoms with Crippen molar-refractivity contribution in [1.29, 1.82) is 0 Å². The lowest BCUT2D eigenvalue weighted by atomic mass is 10.2. The average Bonchev–Trinajstić information content (AvgIpc) is 2.67. The molecule has 2 aromatic carbocycles. The van der Waals surface area contributed by atoms with E-state index in [2.05, 4.69) is 4.18 Å². The number of rotatable bonds is 6. The van der Waals surface area contributed by atoms with Crippen LogP contribution in [0.2, 0.25) is 0 Å². The second-order valence-corrected chi connectivity index (χ2v) is 9.36. The number of nitrogens with zero attached hydrogens (tertiary/aromatic N) is 1. The number of hydroxylamine groups is 2. The summed E-state index contributed by atoms with van der Waals surface area (Å²) in [5.74, 6) is -0.785. The summed E-state index contributed by atoms with van der Waals surface area (Å²) in [6, 6.07) is 13.1. The first-order valence-electron chi connectivity index (χ1n) is 8.34. The second kappa shape index (κ2) is 9.05. The fraction of sp³-hybridized carbons (Fsp3) is 0.222. The average molecular weight is 441 g/mol. The quantitative estimate of drug-likeness (QED) is 0.494. The van der Waals surface area contributed by atoms with Crippen molar-refractivity contribution in [2.45, 2.75) is 29.7 Å². The molecule has 0 bridgehead atoms. The first-order chi connectivity index (χ1) is 13.5. The Morgan fingerprint density at radius 1 is 0.897 bits per heavy atom. The number of hydrogen-bond donors (Lipinski definition) is 0. The summed E-state index contributed by atoms with van der Waals surface area (Å²) >= 11 is 0. The minimum absolute atomic E-state index is 0.0672. The molecule has 0 aromatic heterocycles. The first-order valence-corrected chi connectivity index (χ1v) is 11.6. The number of amides is 1. The molecule has 2 aromatic rings. The van der Waals surface area contributed by atoms with Crippen LogP contribution in [0.5, 0.6) is 0 Å². The van der Waals surface area contributed by atoms with Crippen molar-refractivity contribution in [2.24, 2.45) is 0 Å². The Kier molecular flexibility index (Phi) is 6.98. The molecule has 0 aliphatic rings. The molecule has 11 heteroatoms. The molecule has 0 heterocycles. The molecule has 0 spiro atoms. The molecule has 0 fully saturated rings. The molecular weight excluding hydrogens is 422 g/mol. The van der Waals surface area contributed by atoms with Crippen LogP contribution in [-0.4, -0.2) is 40.2 Å². The molecule has 9 nitrogen and oxygen atoms in total. The summed E-state index contributed by atoms with van der Waals surface area (Å²) in [4.78, 5) is 27.7. The van der Waals surface area contributed by atoms with E-state index in [1.807, 2.05) is 0 Å². The first kappa shape index (κ1) is 22.4. The van der Waals surface area contributed by atoms with Crippen molar-refractivity contribution in [3.05, 3.63) is 60.2 Å². The van der Waals surface area contributed by atoms with E-state index in [0.717, 1.165) is 18.4 Å². The van der Waals surface area contributed by atoms with Crippen LogP contribution in [0.1, 0.15) is 18.9 Å². The lowest BCUT2D eigenvalue weighted by molar-refractivity contribution is -0.181. The minimum atomic E-state index is -4.81. The third-order valence-electron chi connectivity index (χ3n) is 3.57. The summed E-state index contributed by atoms with van der Waals surface area (Å²) < 4.78 is 53.4. The minimum Gasteiger partial charge on any atom is -0.335 e. The van der Waals surface area contributed by atoms with Gasteiger partial charge in [-0.25, -0.2) is 18.0 Å².